The summed E-state index contributed by atoms with van der Waals surface area (Å²) in [6.45, 7) is 5.07. The maximum Gasteiger partial charge on any atom is 0.244 e. The number of nitrogens with zero attached hydrogens (tertiary/aromatic N) is 1. The van der Waals surface area contributed by atoms with Gasteiger partial charge in [-0.3, -0.25) is 0 Å². The molecular weight excluding hydrogens is 250 g/mol. The van der Waals surface area contributed by atoms with Crippen molar-refractivity contribution in [1.29, 1.82) is 0 Å². The Morgan fingerprint density at radius 3 is 2.78 bits per heavy atom. The monoisotopic (exact) mass is 271 g/mol. The molecule has 102 valence electrons. The normalized spacial score (nSPS) is 26.4. The van der Waals surface area contributed by atoms with Gasteiger partial charge in [-0.15, -0.1) is 0 Å². The molecule has 0 saturated carbocycles. The van der Waals surface area contributed by atoms with Crippen molar-refractivity contribution in [3.05, 3.63) is 18.0 Å². The standard InChI is InChI=1S/C12H21N3O2S/c1-9-3-4-15(10(2)5-9)18(16,17)12-6-11(7-13)14-8-12/h6,8-10,14H,3-5,7,13H2,1-2H3. The third kappa shape index (κ3) is 2.46. The van der Waals surface area contributed by atoms with E-state index in [1.807, 2.05) is 6.92 Å². The number of sulfonamides is 1. The average molecular weight is 271 g/mol. The third-order valence-corrected chi connectivity index (χ3v) is 5.61. The number of rotatable bonds is 3. The number of aromatic amines is 1. The molecule has 1 aromatic heterocycles. The molecule has 1 aliphatic rings. The molecule has 2 unspecified atom stereocenters. The molecule has 6 heteroatoms. The molecule has 5 nitrogen and oxygen atoms in total. The number of nitrogens with two attached hydrogens (primary N) is 1. The van der Waals surface area contributed by atoms with Gasteiger partial charge in [0.05, 0.1) is 4.90 Å². The minimum atomic E-state index is -3.38. The lowest BCUT2D eigenvalue weighted by molar-refractivity contribution is 0.220. The Morgan fingerprint density at radius 1 is 1.50 bits per heavy atom. The van der Waals surface area contributed by atoms with Crippen LogP contribution in [-0.4, -0.2) is 30.3 Å². The topological polar surface area (TPSA) is 79.2 Å². The van der Waals surface area contributed by atoms with E-state index in [0.717, 1.165) is 18.5 Å². The van der Waals surface area contributed by atoms with Gasteiger partial charge in [-0.25, -0.2) is 8.42 Å². The first-order valence-corrected chi connectivity index (χ1v) is 7.78. The highest BCUT2D eigenvalue weighted by Crippen LogP contribution is 2.28. The lowest BCUT2D eigenvalue weighted by Gasteiger charge is -2.35. The largest absolute Gasteiger partial charge is 0.363 e. The van der Waals surface area contributed by atoms with Crippen molar-refractivity contribution in [2.24, 2.45) is 11.7 Å². The summed E-state index contributed by atoms with van der Waals surface area (Å²) >= 11 is 0. The van der Waals surface area contributed by atoms with Gasteiger partial charge in [0, 0.05) is 31.0 Å². The zero-order valence-corrected chi connectivity index (χ0v) is 11.7. The molecule has 2 atom stereocenters. The van der Waals surface area contributed by atoms with Crippen LogP contribution in [0, 0.1) is 5.92 Å². The fourth-order valence-electron chi connectivity index (χ4n) is 2.56. The molecule has 0 aromatic carbocycles. The number of piperidine rings is 1. The Bertz CT molecular complexity index is 509. The maximum atomic E-state index is 12.5. The summed E-state index contributed by atoms with van der Waals surface area (Å²) in [5.74, 6) is 0.595. The molecule has 1 aromatic rings. The molecule has 3 N–H and O–H groups in total. The average Bonchev–Trinajstić information content (AvgIpc) is 2.77. The quantitative estimate of drug-likeness (QED) is 0.869. The van der Waals surface area contributed by atoms with Crippen molar-refractivity contribution in [2.75, 3.05) is 6.54 Å². The van der Waals surface area contributed by atoms with Gasteiger partial charge in [0.15, 0.2) is 0 Å². The molecule has 18 heavy (non-hydrogen) atoms. The second-order valence-electron chi connectivity index (χ2n) is 5.16. The molecule has 2 rings (SSSR count). The number of hydrogen-bond acceptors (Lipinski definition) is 3. The first-order valence-electron chi connectivity index (χ1n) is 6.34. The predicted octanol–water partition coefficient (Wildman–Crippen LogP) is 1.28. The lowest BCUT2D eigenvalue weighted by atomic mass is 9.95. The highest BCUT2D eigenvalue weighted by molar-refractivity contribution is 7.89. The van der Waals surface area contributed by atoms with E-state index in [0.29, 0.717) is 23.9 Å². The minimum Gasteiger partial charge on any atom is -0.363 e. The second kappa shape index (κ2) is 5.03. The Balaban J connectivity index is 2.25. The van der Waals surface area contributed by atoms with Crippen LogP contribution in [0.15, 0.2) is 17.2 Å². The van der Waals surface area contributed by atoms with Crippen molar-refractivity contribution in [1.82, 2.24) is 9.29 Å². The Morgan fingerprint density at radius 2 is 2.22 bits per heavy atom. The van der Waals surface area contributed by atoms with E-state index >= 15 is 0 Å². The van der Waals surface area contributed by atoms with E-state index in [2.05, 4.69) is 11.9 Å². The van der Waals surface area contributed by atoms with E-state index in [1.165, 1.54) is 6.20 Å². The molecule has 0 aliphatic carbocycles. The molecule has 1 aliphatic heterocycles. The summed E-state index contributed by atoms with van der Waals surface area (Å²) in [6.07, 6.45) is 3.38. The van der Waals surface area contributed by atoms with Crippen LogP contribution in [0.25, 0.3) is 0 Å². The first kappa shape index (κ1) is 13.6. The minimum absolute atomic E-state index is 0.0648. The molecule has 2 heterocycles. The van der Waals surface area contributed by atoms with Crippen LogP contribution in [0.3, 0.4) is 0 Å². The van der Waals surface area contributed by atoms with E-state index < -0.39 is 10.0 Å². The third-order valence-electron chi connectivity index (χ3n) is 3.62. The lowest BCUT2D eigenvalue weighted by Crippen LogP contribution is -2.43. The second-order valence-corrected chi connectivity index (χ2v) is 7.05. The smallest absolute Gasteiger partial charge is 0.244 e. The van der Waals surface area contributed by atoms with Gasteiger partial charge in [-0.1, -0.05) is 6.92 Å². The van der Waals surface area contributed by atoms with Gasteiger partial charge in [0.1, 0.15) is 0 Å². The molecule has 0 radical (unpaired) electrons. The van der Waals surface area contributed by atoms with Crippen molar-refractivity contribution in [3.8, 4) is 0 Å². The number of H-pyrrole nitrogens is 1. The van der Waals surface area contributed by atoms with E-state index in [9.17, 15) is 8.42 Å². The van der Waals surface area contributed by atoms with Gasteiger partial charge in [-0.05, 0) is 31.7 Å². The summed E-state index contributed by atoms with van der Waals surface area (Å²) in [5.41, 5.74) is 6.23. The van der Waals surface area contributed by atoms with Gasteiger partial charge < -0.3 is 10.7 Å². The highest BCUT2D eigenvalue weighted by Gasteiger charge is 2.33. The van der Waals surface area contributed by atoms with Crippen molar-refractivity contribution in [2.45, 2.75) is 44.2 Å². The first-order chi connectivity index (χ1) is 8.45. The van der Waals surface area contributed by atoms with Crippen LogP contribution in [-0.2, 0) is 16.6 Å². The van der Waals surface area contributed by atoms with Gasteiger partial charge in [0.2, 0.25) is 10.0 Å². The van der Waals surface area contributed by atoms with Crippen molar-refractivity contribution >= 4 is 10.0 Å². The fourth-order valence-corrected chi connectivity index (χ4v) is 4.24. The molecule has 1 saturated heterocycles. The predicted molar refractivity (Wildman–Crippen MR) is 70.4 cm³/mol. The van der Waals surface area contributed by atoms with E-state index in [4.69, 9.17) is 5.73 Å². The summed E-state index contributed by atoms with van der Waals surface area (Å²) in [4.78, 5) is 3.22. The van der Waals surface area contributed by atoms with Crippen molar-refractivity contribution < 1.29 is 8.42 Å². The molecule has 1 fully saturated rings. The Hall–Kier alpha value is -0.850. The molecule has 0 amide bonds. The van der Waals surface area contributed by atoms with Gasteiger partial charge in [-0.2, -0.15) is 4.31 Å². The van der Waals surface area contributed by atoms with Crippen LogP contribution in [0.1, 0.15) is 32.4 Å². The van der Waals surface area contributed by atoms with E-state index in [1.54, 1.807) is 10.4 Å². The molecule has 0 bridgehead atoms. The maximum absolute atomic E-state index is 12.5. The zero-order valence-electron chi connectivity index (χ0n) is 10.9. The summed E-state index contributed by atoms with van der Waals surface area (Å²) in [7, 11) is -3.38. The van der Waals surface area contributed by atoms with Crippen LogP contribution >= 0.6 is 0 Å². The van der Waals surface area contributed by atoms with Crippen LogP contribution in [0.2, 0.25) is 0 Å². The van der Waals surface area contributed by atoms with Gasteiger partial charge >= 0.3 is 0 Å². The van der Waals surface area contributed by atoms with Gasteiger partial charge in [0.25, 0.3) is 0 Å². The van der Waals surface area contributed by atoms with Crippen LogP contribution in [0.5, 0.6) is 0 Å². The van der Waals surface area contributed by atoms with E-state index in [-0.39, 0.29) is 6.04 Å². The van der Waals surface area contributed by atoms with Crippen LogP contribution < -0.4 is 5.73 Å². The summed E-state index contributed by atoms with van der Waals surface area (Å²) < 4.78 is 26.6. The highest BCUT2D eigenvalue weighted by atomic mass is 32.2. The molecule has 0 spiro atoms. The zero-order chi connectivity index (χ0) is 13.3. The van der Waals surface area contributed by atoms with Crippen molar-refractivity contribution in [3.63, 3.8) is 0 Å². The molecular formula is C12H21N3O2S. The number of nitrogens with one attached hydrogen (secondary N) is 1. The summed E-state index contributed by atoms with van der Waals surface area (Å²) in [5, 5.41) is 0. The summed E-state index contributed by atoms with van der Waals surface area (Å²) in [6, 6.07) is 1.69. The Labute approximate surface area is 108 Å². The van der Waals surface area contributed by atoms with Crippen LogP contribution in [0.4, 0.5) is 0 Å². The number of aromatic nitrogens is 1. The number of hydrogen-bond donors (Lipinski definition) is 2. The fraction of sp³-hybridized carbons (Fsp3) is 0.667. The SMILES string of the molecule is CC1CCN(S(=O)(=O)c2c[nH]c(CN)c2)C(C)C1. The Kier molecular flexibility index (Phi) is 3.79.